The van der Waals surface area contributed by atoms with E-state index < -0.39 is 5.97 Å². The number of ether oxygens (including phenoxy) is 1. The molecular weight excluding hydrogens is 304 g/mol. The van der Waals surface area contributed by atoms with Crippen LogP contribution in [0.2, 0.25) is 0 Å². The molecule has 0 spiro atoms. The second kappa shape index (κ2) is 6.58. The molecule has 5 nitrogen and oxygen atoms in total. The first-order chi connectivity index (χ1) is 11.6. The van der Waals surface area contributed by atoms with Gasteiger partial charge in [0.05, 0.1) is 11.2 Å². The molecule has 3 aromatic rings. The molecule has 0 saturated heterocycles. The van der Waals surface area contributed by atoms with E-state index in [4.69, 9.17) is 4.74 Å². The first-order valence-electron chi connectivity index (χ1n) is 7.57. The van der Waals surface area contributed by atoms with E-state index in [0.717, 1.165) is 16.6 Å². The maximum Gasteiger partial charge on any atom is 0.354 e. The lowest BCUT2D eigenvalue weighted by Crippen LogP contribution is -2.11. The number of hydrogen-bond acceptors (Lipinski definition) is 4. The van der Waals surface area contributed by atoms with Gasteiger partial charge in [0.25, 0.3) is 0 Å². The number of para-hydroxylation sites is 1. The Hall–Kier alpha value is -3.08. The van der Waals surface area contributed by atoms with Gasteiger partial charge in [-0.25, -0.2) is 9.78 Å². The minimum absolute atomic E-state index is 0.0279. The number of anilines is 1. The Labute approximate surface area is 140 Å². The molecule has 0 atom stereocenters. The first-order valence-corrected chi connectivity index (χ1v) is 7.57. The van der Waals surface area contributed by atoms with Gasteiger partial charge >= 0.3 is 5.97 Å². The Morgan fingerprint density at radius 1 is 1.12 bits per heavy atom. The summed E-state index contributed by atoms with van der Waals surface area (Å²) in [5, 5.41) is 10.1. The third kappa shape index (κ3) is 3.15. The fraction of sp³-hybridized carbons (Fsp3) is 0.158. The lowest BCUT2D eigenvalue weighted by molar-refractivity contribution is 0.0690. The van der Waals surface area contributed by atoms with E-state index in [-0.39, 0.29) is 5.69 Å². The maximum absolute atomic E-state index is 11.4. The van der Waals surface area contributed by atoms with Crippen LogP contribution in [0.3, 0.4) is 0 Å². The Morgan fingerprint density at radius 3 is 2.54 bits per heavy atom. The number of aromatic carboxylic acids is 1. The summed E-state index contributed by atoms with van der Waals surface area (Å²) in [4.78, 5) is 17.6. The van der Waals surface area contributed by atoms with Crippen molar-refractivity contribution in [2.75, 3.05) is 19.0 Å². The van der Waals surface area contributed by atoms with Gasteiger partial charge in [-0.05, 0) is 17.7 Å². The van der Waals surface area contributed by atoms with Crippen LogP contribution in [0.5, 0.6) is 5.75 Å². The number of benzene rings is 2. The highest BCUT2D eigenvalue weighted by Gasteiger charge is 2.15. The number of carboxylic acids is 1. The molecule has 0 unspecified atom stereocenters. The van der Waals surface area contributed by atoms with E-state index in [9.17, 15) is 9.90 Å². The molecule has 0 saturated carbocycles. The van der Waals surface area contributed by atoms with E-state index in [1.54, 1.807) is 0 Å². The van der Waals surface area contributed by atoms with E-state index >= 15 is 0 Å². The number of carboxylic acid groups (broad SMARTS) is 1. The second-order valence-electron chi connectivity index (χ2n) is 5.65. The van der Waals surface area contributed by atoms with Crippen LogP contribution in [-0.2, 0) is 6.61 Å². The van der Waals surface area contributed by atoms with Gasteiger partial charge < -0.3 is 14.7 Å². The molecule has 3 rings (SSSR count). The van der Waals surface area contributed by atoms with Gasteiger partial charge in [0.2, 0.25) is 0 Å². The molecule has 2 aromatic carbocycles. The van der Waals surface area contributed by atoms with Crippen LogP contribution in [0.1, 0.15) is 16.1 Å². The van der Waals surface area contributed by atoms with Crippen LogP contribution < -0.4 is 9.64 Å². The SMILES string of the molecule is CN(C)c1cccc2c(OCc3ccccc3)cc(C(=O)O)nc12. The smallest absolute Gasteiger partial charge is 0.354 e. The summed E-state index contributed by atoms with van der Waals surface area (Å²) in [5.74, 6) is -0.556. The van der Waals surface area contributed by atoms with Gasteiger partial charge in [0, 0.05) is 25.5 Å². The van der Waals surface area contributed by atoms with Crippen molar-refractivity contribution in [1.82, 2.24) is 4.98 Å². The van der Waals surface area contributed by atoms with Crippen molar-refractivity contribution in [2.45, 2.75) is 6.61 Å². The van der Waals surface area contributed by atoms with Crippen LogP contribution in [0.25, 0.3) is 10.9 Å². The Kier molecular flexibility index (Phi) is 4.33. The lowest BCUT2D eigenvalue weighted by atomic mass is 10.1. The normalized spacial score (nSPS) is 10.6. The molecule has 1 N–H and O–H groups in total. The lowest BCUT2D eigenvalue weighted by Gasteiger charge is -2.17. The van der Waals surface area contributed by atoms with E-state index in [0.29, 0.717) is 17.9 Å². The summed E-state index contributed by atoms with van der Waals surface area (Å²) in [6, 6.07) is 16.9. The summed E-state index contributed by atoms with van der Waals surface area (Å²) in [5.41, 5.74) is 2.45. The molecule has 0 bridgehead atoms. The standard InChI is InChI=1S/C19H18N2O3/c1-21(2)16-10-6-9-14-17(11-15(19(22)23)20-18(14)16)24-12-13-7-4-3-5-8-13/h3-11H,12H2,1-2H3,(H,22,23). The zero-order valence-corrected chi connectivity index (χ0v) is 13.6. The summed E-state index contributed by atoms with van der Waals surface area (Å²) < 4.78 is 5.91. The third-order valence-electron chi connectivity index (χ3n) is 3.72. The molecule has 122 valence electrons. The van der Waals surface area contributed by atoms with Gasteiger partial charge in [-0.1, -0.05) is 36.4 Å². The largest absolute Gasteiger partial charge is 0.488 e. The predicted molar refractivity (Wildman–Crippen MR) is 93.8 cm³/mol. The molecule has 0 fully saturated rings. The fourth-order valence-electron chi connectivity index (χ4n) is 2.53. The summed E-state index contributed by atoms with van der Waals surface area (Å²) in [6.45, 7) is 0.366. The number of nitrogens with zero attached hydrogens (tertiary/aromatic N) is 2. The van der Waals surface area contributed by atoms with Crippen molar-refractivity contribution >= 4 is 22.6 Å². The second-order valence-corrected chi connectivity index (χ2v) is 5.65. The van der Waals surface area contributed by atoms with Gasteiger partial charge in [0.15, 0.2) is 5.69 Å². The van der Waals surface area contributed by atoms with Crippen molar-refractivity contribution < 1.29 is 14.6 Å². The quantitative estimate of drug-likeness (QED) is 0.778. The number of rotatable bonds is 5. The minimum atomic E-state index is -1.07. The Bertz CT molecular complexity index is 876. The van der Waals surface area contributed by atoms with Gasteiger partial charge in [-0.15, -0.1) is 0 Å². The van der Waals surface area contributed by atoms with Crippen LogP contribution in [0, 0.1) is 0 Å². The highest BCUT2D eigenvalue weighted by molar-refractivity contribution is 5.98. The van der Waals surface area contributed by atoms with Crippen LogP contribution >= 0.6 is 0 Å². The molecule has 0 radical (unpaired) electrons. The molecule has 24 heavy (non-hydrogen) atoms. The zero-order valence-electron chi connectivity index (χ0n) is 13.6. The molecule has 5 heteroatoms. The zero-order chi connectivity index (χ0) is 17.1. The molecule has 1 heterocycles. The summed E-state index contributed by atoms with van der Waals surface area (Å²) in [6.07, 6.45) is 0. The van der Waals surface area contributed by atoms with Gasteiger partial charge in [0.1, 0.15) is 12.4 Å². The van der Waals surface area contributed by atoms with Crippen molar-refractivity contribution in [3.63, 3.8) is 0 Å². The number of carbonyl (C=O) groups is 1. The van der Waals surface area contributed by atoms with E-state index in [1.165, 1.54) is 6.07 Å². The van der Waals surface area contributed by atoms with Gasteiger partial charge in [-0.2, -0.15) is 0 Å². The Balaban J connectivity index is 2.08. The molecule has 0 aliphatic carbocycles. The van der Waals surface area contributed by atoms with Gasteiger partial charge in [-0.3, -0.25) is 0 Å². The molecule has 1 aromatic heterocycles. The minimum Gasteiger partial charge on any atom is -0.488 e. The predicted octanol–water partition coefficient (Wildman–Crippen LogP) is 3.58. The van der Waals surface area contributed by atoms with Crippen LogP contribution in [0.4, 0.5) is 5.69 Å². The number of pyridine rings is 1. The number of aromatic nitrogens is 1. The monoisotopic (exact) mass is 322 g/mol. The fourth-order valence-corrected chi connectivity index (χ4v) is 2.53. The molecular formula is C19H18N2O3. The van der Waals surface area contributed by atoms with Crippen LogP contribution in [-0.4, -0.2) is 30.2 Å². The molecule has 0 aliphatic rings. The highest BCUT2D eigenvalue weighted by atomic mass is 16.5. The van der Waals surface area contributed by atoms with E-state index in [1.807, 2.05) is 67.5 Å². The van der Waals surface area contributed by atoms with Crippen molar-refractivity contribution in [2.24, 2.45) is 0 Å². The Morgan fingerprint density at radius 2 is 1.88 bits per heavy atom. The average Bonchev–Trinajstić information content (AvgIpc) is 2.59. The maximum atomic E-state index is 11.4. The number of hydrogen-bond donors (Lipinski definition) is 1. The first kappa shape index (κ1) is 15.8. The topological polar surface area (TPSA) is 62.7 Å². The van der Waals surface area contributed by atoms with Crippen molar-refractivity contribution in [1.29, 1.82) is 0 Å². The highest BCUT2D eigenvalue weighted by Crippen LogP contribution is 2.32. The number of fused-ring (bicyclic) bond motifs is 1. The summed E-state index contributed by atoms with van der Waals surface area (Å²) in [7, 11) is 3.79. The molecule has 0 aliphatic heterocycles. The van der Waals surface area contributed by atoms with Crippen LogP contribution in [0.15, 0.2) is 54.6 Å². The van der Waals surface area contributed by atoms with Crippen molar-refractivity contribution in [3.05, 3.63) is 65.9 Å². The third-order valence-corrected chi connectivity index (χ3v) is 3.72. The van der Waals surface area contributed by atoms with E-state index in [2.05, 4.69) is 4.98 Å². The average molecular weight is 322 g/mol. The molecule has 0 amide bonds. The van der Waals surface area contributed by atoms with Crippen molar-refractivity contribution in [3.8, 4) is 5.75 Å². The summed E-state index contributed by atoms with van der Waals surface area (Å²) >= 11 is 0.